The molecule has 0 fully saturated rings. The number of rotatable bonds is 6. The van der Waals surface area contributed by atoms with Crippen molar-refractivity contribution in [2.75, 3.05) is 5.32 Å². The Bertz CT molecular complexity index is 967. The number of anilines is 1. The predicted octanol–water partition coefficient (Wildman–Crippen LogP) is 5.48. The summed E-state index contributed by atoms with van der Waals surface area (Å²) < 4.78 is 0. The van der Waals surface area contributed by atoms with Gasteiger partial charge in [-0.15, -0.1) is 11.3 Å². The number of non-ortho nitro benzene ring substituents is 1. The van der Waals surface area contributed by atoms with Crippen molar-refractivity contribution in [2.45, 2.75) is 26.2 Å². The molecule has 0 aliphatic rings. The molecule has 0 saturated heterocycles. The van der Waals surface area contributed by atoms with E-state index in [2.05, 4.69) is 36.3 Å². The molecule has 27 heavy (non-hydrogen) atoms. The molecule has 6 nitrogen and oxygen atoms in total. The molecule has 1 atom stereocenters. The Kier molecular flexibility index (Phi) is 5.61. The van der Waals surface area contributed by atoms with Gasteiger partial charge in [0, 0.05) is 28.6 Å². The van der Waals surface area contributed by atoms with Crippen molar-refractivity contribution in [2.24, 2.45) is 0 Å². The van der Waals surface area contributed by atoms with Crippen LogP contribution in [0.3, 0.4) is 0 Å². The minimum atomic E-state index is -0.526. The molecule has 3 rings (SSSR count). The van der Waals surface area contributed by atoms with Gasteiger partial charge in [-0.3, -0.25) is 20.2 Å². The highest BCUT2D eigenvalue weighted by atomic mass is 32.1. The quantitative estimate of drug-likeness (QED) is 0.452. The smallest absolute Gasteiger partial charge is 0.270 e. The first-order valence-electron chi connectivity index (χ1n) is 8.59. The highest BCUT2D eigenvalue weighted by molar-refractivity contribution is 7.14. The van der Waals surface area contributed by atoms with E-state index in [-0.39, 0.29) is 11.3 Å². The number of nitro benzene ring substituents is 1. The average molecular weight is 381 g/mol. The largest absolute Gasteiger partial charge is 0.298 e. The van der Waals surface area contributed by atoms with Crippen LogP contribution in [0.1, 0.15) is 42.1 Å². The summed E-state index contributed by atoms with van der Waals surface area (Å²) in [6, 6.07) is 13.9. The Balaban J connectivity index is 1.73. The molecule has 1 aromatic heterocycles. The number of benzene rings is 2. The number of amides is 1. The first-order valence-corrected chi connectivity index (χ1v) is 9.47. The summed E-state index contributed by atoms with van der Waals surface area (Å²) in [5.74, 6) is 0.0889. The van der Waals surface area contributed by atoms with Gasteiger partial charge in [-0.25, -0.2) is 4.98 Å². The van der Waals surface area contributed by atoms with Crippen LogP contribution < -0.4 is 5.32 Å². The summed E-state index contributed by atoms with van der Waals surface area (Å²) >= 11 is 1.32. The van der Waals surface area contributed by atoms with Crippen molar-refractivity contribution >= 4 is 28.1 Å². The Morgan fingerprint density at radius 3 is 2.67 bits per heavy atom. The van der Waals surface area contributed by atoms with Crippen LogP contribution in [0.25, 0.3) is 11.3 Å². The van der Waals surface area contributed by atoms with Gasteiger partial charge >= 0.3 is 0 Å². The molecule has 138 valence electrons. The van der Waals surface area contributed by atoms with Crippen LogP contribution in [0.5, 0.6) is 0 Å². The lowest BCUT2D eigenvalue weighted by Gasteiger charge is -2.08. The molecule has 1 N–H and O–H groups in total. The second-order valence-corrected chi connectivity index (χ2v) is 7.09. The number of aromatic nitrogens is 1. The summed E-state index contributed by atoms with van der Waals surface area (Å²) in [7, 11) is 0. The molecule has 1 heterocycles. The molecular formula is C20H19N3O3S. The average Bonchev–Trinajstić information content (AvgIpc) is 3.16. The molecule has 0 aliphatic heterocycles. The molecule has 0 unspecified atom stereocenters. The maximum Gasteiger partial charge on any atom is 0.270 e. The van der Waals surface area contributed by atoms with Crippen LogP contribution >= 0.6 is 11.3 Å². The highest BCUT2D eigenvalue weighted by Gasteiger charge is 2.14. The van der Waals surface area contributed by atoms with Crippen LogP contribution in [0, 0.1) is 10.1 Å². The van der Waals surface area contributed by atoms with Crippen molar-refractivity contribution in [1.29, 1.82) is 0 Å². The van der Waals surface area contributed by atoms with E-state index in [1.54, 1.807) is 0 Å². The number of hydrogen-bond acceptors (Lipinski definition) is 5. The third kappa shape index (κ3) is 4.38. The Morgan fingerprint density at radius 1 is 1.26 bits per heavy atom. The Hall–Kier alpha value is -3.06. The molecule has 0 aliphatic carbocycles. The number of nitrogens with zero attached hydrogens (tertiary/aromatic N) is 2. The normalized spacial score (nSPS) is 11.8. The lowest BCUT2D eigenvalue weighted by Crippen LogP contribution is -2.11. The van der Waals surface area contributed by atoms with E-state index in [0.29, 0.717) is 11.0 Å². The summed E-state index contributed by atoms with van der Waals surface area (Å²) in [4.78, 5) is 27.1. The first-order chi connectivity index (χ1) is 13.0. The topological polar surface area (TPSA) is 85.1 Å². The van der Waals surface area contributed by atoms with Gasteiger partial charge in [-0.2, -0.15) is 0 Å². The van der Waals surface area contributed by atoms with Gasteiger partial charge in [0.2, 0.25) is 0 Å². The molecule has 0 spiro atoms. The van der Waals surface area contributed by atoms with E-state index in [4.69, 9.17) is 0 Å². The fourth-order valence-electron chi connectivity index (χ4n) is 2.61. The number of carbonyl (C=O) groups is 1. The third-order valence-electron chi connectivity index (χ3n) is 4.43. The summed E-state index contributed by atoms with van der Waals surface area (Å²) in [6.07, 6.45) is 1.09. The van der Waals surface area contributed by atoms with Crippen LogP contribution in [0.15, 0.2) is 53.9 Å². The van der Waals surface area contributed by atoms with Gasteiger partial charge in [0.05, 0.1) is 10.6 Å². The van der Waals surface area contributed by atoms with E-state index < -0.39 is 10.8 Å². The van der Waals surface area contributed by atoms with E-state index in [1.807, 2.05) is 17.5 Å². The molecule has 0 radical (unpaired) electrons. The zero-order valence-corrected chi connectivity index (χ0v) is 15.8. The lowest BCUT2D eigenvalue weighted by atomic mass is 9.97. The Morgan fingerprint density at radius 2 is 2.00 bits per heavy atom. The number of nitro groups is 1. The number of carbonyl (C=O) groups excluding carboxylic acids is 1. The van der Waals surface area contributed by atoms with E-state index in [0.717, 1.165) is 17.7 Å². The molecule has 7 heteroatoms. The summed E-state index contributed by atoms with van der Waals surface area (Å²) in [5.41, 5.74) is 3.15. The van der Waals surface area contributed by atoms with Crippen molar-refractivity contribution < 1.29 is 9.72 Å². The fraction of sp³-hybridized carbons (Fsp3) is 0.200. The summed E-state index contributed by atoms with van der Waals surface area (Å²) in [5, 5.41) is 15.9. The standard InChI is InChI=1S/C20H19N3O3S/c1-3-13(2)14-7-9-15(10-8-14)18-12-27-20(21-18)22-19(24)16-5-4-6-17(11-16)23(25)26/h4-13H,3H2,1-2H3,(H,21,22,24)/t13-/m0/s1. The highest BCUT2D eigenvalue weighted by Crippen LogP contribution is 2.27. The van der Waals surface area contributed by atoms with Crippen LogP contribution in [-0.4, -0.2) is 15.8 Å². The van der Waals surface area contributed by atoms with Gasteiger partial charge in [-0.05, 0) is 24.0 Å². The fourth-order valence-corrected chi connectivity index (χ4v) is 3.33. The molecule has 1 amide bonds. The monoisotopic (exact) mass is 381 g/mol. The SMILES string of the molecule is CC[C@H](C)c1ccc(-c2csc(NC(=O)c3cccc([N+](=O)[O-])c3)n2)cc1. The van der Waals surface area contributed by atoms with Gasteiger partial charge in [0.25, 0.3) is 11.6 Å². The van der Waals surface area contributed by atoms with E-state index >= 15 is 0 Å². The Labute approximate surface area is 161 Å². The van der Waals surface area contributed by atoms with Crippen molar-refractivity contribution in [3.8, 4) is 11.3 Å². The van der Waals surface area contributed by atoms with Gasteiger partial charge in [0.15, 0.2) is 5.13 Å². The van der Waals surface area contributed by atoms with Crippen LogP contribution in [-0.2, 0) is 0 Å². The molecule has 0 saturated carbocycles. The zero-order valence-electron chi connectivity index (χ0n) is 15.0. The molecule has 2 aromatic carbocycles. The van der Waals surface area contributed by atoms with Gasteiger partial charge in [-0.1, -0.05) is 44.2 Å². The first kappa shape index (κ1) is 18.7. The van der Waals surface area contributed by atoms with Crippen LogP contribution in [0.4, 0.5) is 10.8 Å². The second kappa shape index (κ2) is 8.09. The molecule has 3 aromatic rings. The van der Waals surface area contributed by atoms with Gasteiger partial charge in [0.1, 0.15) is 0 Å². The van der Waals surface area contributed by atoms with Crippen molar-refractivity contribution in [3.63, 3.8) is 0 Å². The maximum absolute atomic E-state index is 12.3. The number of nitrogens with one attached hydrogen (secondary N) is 1. The zero-order chi connectivity index (χ0) is 19.4. The minimum absolute atomic E-state index is 0.121. The van der Waals surface area contributed by atoms with Crippen molar-refractivity contribution in [1.82, 2.24) is 4.98 Å². The predicted molar refractivity (Wildman–Crippen MR) is 107 cm³/mol. The molecular weight excluding hydrogens is 362 g/mol. The second-order valence-electron chi connectivity index (χ2n) is 6.23. The number of hydrogen-bond donors (Lipinski definition) is 1. The lowest BCUT2D eigenvalue weighted by molar-refractivity contribution is -0.384. The minimum Gasteiger partial charge on any atom is -0.298 e. The van der Waals surface area contributed by atoms with Gasteiger partial charge < -0.3 is 0 Å². The number of thiazole rings is 1. The third-order valence-corrected chi connectivity index (χ3v) is 5.19. The van der Waals surface area contributed by atoms with Crippen molar-refractivity contribution in [3.05, 3.63) is 75.2 Å². The molecule has 0 bridgehead atoms. The van der Waals surface area contributed by atoms with Crippen LogP contribution in [0.2, 0.25) is 0 Å². The summed E-state index contributed by atoms with van der Waals surface area (Å²) in [6.45, 7) is 4.36. The maximum atomic E-state index is 12.3. The van der Waals surface area contributed by atoms with E-state index in [9.17, 15) is 14.9 Å². The van der Waals surface area contributed by atoms with E-state index in [1.165, 1.54) is 41.2 Å².